The Balaban J connectivity index is 0.00000155. The van der Waals surface area contributed by atoms with Crippen LogP contribution in [0.1, 0.15) is 121 Å². The lowest BCUT2D eigenvalue weighted by molar-refractivity contribution is -0.181. The first-order valence-corrected chi connectivity index (χ1v) is 22.0. The standard InChI is InChI=1S/C40H56F2N2O5S.C3H6/c1-37(2)27(25-23-30(41)34(35(45)46)31(42)24-25)10-14-39(4)32(37)12-15-38(3)28-11-16-40(13-5-7-29(40)26(28)8-9-33(38)39)36(47)43-17-6-18-44-19-21-50(48,49)22-20-44;1-3-2/h10,23-24,26,28-29,32-33H,5-9,11-22H2,1-4H3,(H,43,47)(H,45,46);3H,1H2,2H3. The quantitative estimate of drug-likeness (QED) is 0.214. The summed E-state index contributed by atoms with van der Waals surface area (Å²) in [5.41, 5.74) is 0.0484. The second-order valence-corrected chi connectivity index (χ2v) is 20.7. The molecule has 8 unspecified atom stereocenters. The lowest BCUT2D eigenvalue weighted by atomic mass is 9.36. The van der Waals surface area contributed by atoms with Crippen molar-refractivity contribution in [1.82, 2.24) is 10.2 Å². The molecule has 0 bridgehead atoms. The number of carbonyl (C=O) groups is 2. The first-order valence-electron chi connectivity index (χ1n) is 20.2. The van der Waals surface area contributed by atoms with E-state index in [0.717, 1.165) is 82.7 Å². The van der Waals surface area contributed by atoms with Crippen LogP contribution in [0.25, 0.3) is 5.57 Å². The SMILES string of the molecule is C=CC.CC1(C)C(c2cc(F)c(C(=O)O)c(F)c2)=CCC2(C)C1CCC1(C)C3CCC4(C(=O)NCCCN5CCS(=O)(=O)CC5)CCCC4C3CCC12. The van der Waals surface area contributed by atoms with Crippen molar-refractivity contribution in [2.75, 3.05) is 37.7 Å². The molecule has 0 spiro atoms. The van der Waals surface area contributed by atoms with Gasteiger partial charge in [0.25, 0.3) is 0 Å². The highest BCUT2D eigenvalue weighted by atomic mass is 32.2. The average molecular weight is 757 g/mol. The zero-order valence-corrected chi connectivity index (χ0v) is 33.4. The summed E-state index contributed by atoms with van der Waals surface area (Å²) >= 11 is 0. The predicted molar refractivity (Wildman–Crippen MR) is 206 cm³/mol. The van der Waals surface area contributed by atoms with Gasteiger partial charge in [-0.1, -0.05) is 46.3 Å². The summed E-state index contributed by atoms with van der Waals surface area (Å²) in [6, 6.07) is 2.41. The van der Waals surface area contributed by atoms with Gasteiger partial charge in [-0.05, 0) is 147 Å². The van der Waals surface area contributed by atoms with Gasteiger partial charge in [0.05, 0.1) is 16.9 Å². The molecule has 294 valence electrons. The van der Waals surface area contributed by atoms with E-state index in [1.54, 1.807) is 6.08 Å². The van der Waals surface area contributed by atoms with Crippen LogP contribution in [0.2, 0.25) is 0 Å². The third kappa shape index (κ3) is 6.95. The van der Waals surface area contributed by atoms with Gasteiger partial charge >= 0.3 is 5.97 Å². The molecule has 1 aliphatic heterocycles. The van der Waals surface area contributed by atoms with Gasteiger partial charge in [0, 0.05) is 19.6 Å². The van der Waals surface area contributed by atoms with Gasteiger partial charge in [-0.2, -0.15) is 0 Å². The van der Waals surface area contributed by atoms with E-state index in [2.05, 4.69) is 50.6 Å². The monoisotopic (exact) mass is 756 g/mol. The molecule has 1 heterocycles. The summed E-state index contributed by atoms with van der Waals surface area (Å²) in [5, 5.41) is 12.7. The molecular formula is C43H62F2N2O5S. The van der Waals surface area contributed by atoms with Crippen LogP contribution in [-0.4, -0.2) is 68.0 Å². The normalized spacial score (nSPS) is 37.0. The summed E-state index contributed by atoms with van der Waals surface area (Å²) in [6.45, 7) is 17.3. The number of nitrogens with zero attached hydrogens (tertiary/aromatic N) is 1. The fraction of sp³-hybridized carbons (Fsp3) is 0.721. The lowest BCUT2D eigenvalue weighted by Crippen LogP contribution is -2.62. The number of aromatic carboxylic acids is 1. The van der Waals surface area contributed by atoms with Crippen LogP contribution in [0.4, 0.5) is 8.78 Å². The molecule has 1 saturated heterocycles. The second-order valence-electron chi connectivity index (χ2n) is 18.4. The number of nitrogens with one attached hydrogen (secondary N) is 1. The third-order valence-electron chi connectivity index (χ3n) is 15.5. The number of halogens is 2. The molecule has 0 aromatic heterocycles. The van der Waals surface area contributed by atoms with Crippen molar-refractivity contribution in [2.45, 2.75) is 105 Å². The number of benzene rings is 1. The number of hydrogen-bond donors (Lipinski definition) is 2. The van der Waals surface area contributed by atoms with E-state index < -0.39 is 33.0 Å². The molecule has 0 radical (unpaired) electrons. The Kier molecular flexibility index (Phi) is 11.2. The van der Waals surface area contributed by atoms with Crippen molar-refractivity contribution in [3.05, 3.63) is 53.6 Å². The van der Waals surface area contributed by atoms with Crippen molar-refractivity contribution in [2.24, 2.45) is 51.2 Å². The summed E-state index contributed by atoms with van der Waals surface area (Å²) < 4.78 is 53.3. The highest BCUT2D eigenvalue weighted by Crippen LogP contribution is 2.73. The maximum atomic E-state index is 14.9. The Hall–Kier alpha value is -2.59. The molecule has 5 fully saturated rings. The Labute approximate surface area is 316 Å². The summed E-state index contributed by atoms with van der Waals surface area (Å²) in [4.78, 5) is 27.7. The number of carboxylic acid groups (broad SMARTS) is 1. The maximum Gasteiger partial charge on any atom is 0.341 e. The molecule has 5 aliphatic carbocycles. The number of amides is 1. The van der Waals surface area contributed by atoms with Crippen LogP contribution in [0.3, 0.4) is 0 Å². The molecule has 1 aromatic rings. The lowest BCUT2D eigenvalue weighted by Gasteiger charge is -2.68. The largest absolute Gasteiger partial charge is 0.477 e. The molecule has 8 atom stereocenters. The van der Waals surface area contributed by atoms with Crippen LogP contribution < -0.4 is 5.32 Å². The maximum absolute atomic E-state index is 14.9. The van der Waals surface area contributed by atoms with Crippen LogP contribution >= 0.6 is 0 Å². The Morgan fingerprint density at radius 3 is 2.25 bits per heavy atom. The molecule has 1 amide bonds. The minimum Gasteiger partial charge on any atom is -0.477 e. The first-order chi connectivity index (χ1) is 24.9. The molecule has 53 heavy (non-hydrogen) atoms. The first kappa shape index (κ1) is 40.1. The zero-order valence-electron chi connectivity index (χ0n) is 32.6. The van der Waals surface area contributed by atoms with Gasteiger partial charge in [0.15, 0.2) is 9.84 Å². The van der Waals surface area contributed by atoms with E-state index in [-0.39, 0.29) is 39.1 Å². The van der Waals surface area contributed by atoms with Crippen LogP contribution in [0, 0.1) is 62.9 Å². The number of fused-ring (bicyclic) bond motifs is 7. The van der Waals surface area contributed by atoms with Gasteiger partial charge < -0.3 is 15.3 Å². The molecule has 1 aromatic carbocycles. The van der Waals surface area contributed by atoms with Crippen LogP contribution in [0.15, 0.2) is 30.9 Å². The van der Waals surface area contributed by atoms with Gasteiger partial charge in [-0.15, -0.1) is 6.58 Å². The van der Waals surface area contributed by atoms with E-state index in [0.29, 0.717) is 54.8 Å². The fourth-order valence-corrected chi connectivity index (χ4v) is 14.6. The summed E-state index contributed by atoms with van der Waals surface area (Å²) in [6.07, 6.45) is 15.3. The number of sulfone groups is 1. The van der Waals surface area contributed by atoms with Crippen LogP contribution in [0.5, 0.6) is 0 Å². The third-order valence-corrected chi connectivity index (χ3v) is 17.1. The Morgan fingerprint density at radius 1 is 0.943 bits per heavy atom. The number of carboxylic acids is 1. The minimum absolute atomic E-state index is 0.0309. The topological polar surface area (TPSA) is 104 Å². The number of hydrogen-bond acceptors (Lipinski definition) is 5. The van der Waals surface area contributed by atoms with Crippen molar-refractivity contribution in [3.63, 3.8) is 0 Å². The molecule has 7 nitrogen and oxygen atoms in total. The van der Waals surface area contributed by atoms with Crippen molar-refractivity contribution >= 4 is 27.3 Å². The van der Waals surface area contributed by atoms with E-state index >= 15 is 0 Å². The molecule has 4 saturated carbocycles. The predicted octanol–water partition coefficient (Wildman–Crippen LogP) is 8.55. The molecule has 7 rings (SSSR count). The van der Waals surface area contributed by atoms with Crippen molar-refractivity contribution < 1.29 is 31.9 Å². The molecule has 10 heteroatoms. The van der Waals surface area contributed by atoms with E-state index in [1.807, 2.05) is 6.92 Å². The Morgan fingerprint density at radius 2 is 1.60 bits per heavy atom. The van der Waals surface area contributed by atoms with E-state index in [1.165, 1.54) is 12.1 Å². The van der Waals surface area contributed by atoms with Gasteiger partial charge in [0.2, 0.25) is 5.91 Å². The van der Waals surface area contributed by atoms with Gasteiger partial charge in [-0.3, -0.25) is 4.79 Å². The second kappa shape index (κ2) is 14.8. The molecule has 6 aliphatic rings. The van der Waals surface area contributed by atoms with E-state index in [9.17, 15) is 31.9 Å². The highest BCUT2D eigenvalue weighted by molar-refractivity contribution is 7.91. The zero-order chi connectivity index (χ0) is 38.6. The fourth-order valence-electron chi connectivity index (χ4n) is 13.3. The van der Waals surface area contributed by atoms with Crippen molar-refractivity contribution in [3.8, 4) is 0 Å². The van der Waals surface area contributed by atoms with Gasteiger partial charge in [0.1, 0.15) is 17.2 Å². The van der Waals surface area contributed by atoms with Gasteiger partial charge in [-0.25, -0.2) is 22.0 Å². The summed E-state index contributed by atoms with van der Waals surface area (Å²) in [7, 11) is -2.89. The van der Waals surface area contributed by atoms with Crippen molar-refractivity contribution in [1.29, 1.82) is 0 Å². The number of allylic oxidation sites excluding steroid dienone is 3. The number of rotatable bonds is 7. The Bertz CT molecular complexity index is 1710. The minimum atomic E-state index is -2.89. The highest BCUT2D eigenvalue weighted by Gasteiger charge is 2.66. The smallest absolute Gasteiger partial charge is 0.341 e. The molecule has 2 N–H and O–H groups in total. The van der Waals surface area contributed by atoms with Crippen LogP contribution in [-0.2, 0) is 14.6 Å². The average Bonchev–Trinajstić information content (AvgIpc) is 3.53. The molecular weight excluding hydrogens is 695 g/mol. The number of carbonyl (C=O) groups excluding carboxylic acids is 1. The summed E-state index contributed by atoms with van der Waals surface area (Å²) in [5.74, 6) is -0.550. The van der Waals surface area contributed by atoms with E-state index in [4.69, 9.17) is 0 Å².